The van der Waals surface area contributed by atoms with E-state index in [4.69, 9.17) is 0 Å². The van der Waals surface area contributed by atoms with Crippen molar-refractivity contribution in [2.45, 2.75) is 0 Å². The number of benzene rings is 9. The van der Waals surface area contributed by atoms with Gasteiger partial charge in [-0.25, -0.2) is 0 Å². The quantitative estimate of drug-likeness (QED) is 0.167. The molecule has 50 heavy (non-hydrogen) atoms. The van der Waals surface area contributed by atoms with E-state index in [1.807, 2.05) is 11.3 Å². The lowest BCUT2D eigenvalue weighted by Gasteiger charge is -2.27. The van der Waals surface area contributed by atoms with Crippen molar-refractivity contribution < 1.29 is 0 Å². The monoisotopic (exact) mass is 653 g/mol. The summed E-state index contributed by atoms with van der Waals surface area (Å²) in [6.07, 6.45) is 0. The summed E-state index contributed by atoms with van der Waals surface area (Å²) >= 11 is 1.87. The molecule has 1 nitrogen and oxygen atoms in total. The van der Waals surface area contributed by atoms with Gasteiger partial charge in [-0.1, -0.05) is 127 Å². The molecule has 0 radical (unpaired) electrons. The second kappa shape index (κ2) is 11.7. The van der Waals surface area contributed by atoms with E-state index in [0.717, 1.165) is 17.1 Å². The molecule has 0 amide bonds. The van der Waals surface area contributed by atoms with E-state index in [1.54, 1.807) is 0 Å². The molecular weight excluding hydrogens is 623 g/mol. The predicted molar refractivity (Wildman–Crippen MR) is 217 cm³/mol. The minimum atomic E-state index is 1.12. The Labute approximate surface area is 294 Å². The second-order valence-corrected chi connectivity index (χ2v) is 14.1. The van der Waals surface area contributed by atoms with E-state index in [9.17, 15) is 0 Å². The standard InChI is InChI=1S/C48H31NS/c1-2-9-32(10-3-1)35-12-8-13-41(28-35)49(42-25-26-44-38(29-42)20-17-34-11-4-5-14-43(34)44)40-23-21-33(22-24-40)36-18-19-37-31-48-46(30-39(37)27-36)45-15-6-7-16-47(45)50-48/h1-31H. The Bertz CT molecular complexity index is 2870. The molecule has 0 bridgehead atoms. The zero-order chi connectivity index (χ0) is 33.0. The molecule has 234 valence electrons. The molecule has 0 aliphatic carbocycles. The molecule has 10 aromatic rings. The lowest BCUT2D eigenvalue weighted by atomic mass is 9.99. The van der Waals surface area contributed by atoms with Gasteiger partial charge in [0.25, 0.3) is 0 Å². The maximum absolute atomic E-state index is 2.38. The fourth-order valence-electron chi connectivity index (χ4n) is 7.49. The molecule has 1 heterocycles. The van der Waals surface area contributed by atoms with Crippen LogP contribution in [0.1, 0.15) is 0 Å². The summed E-state index contributed by atoms with van der Waals surface area (Å²) in [7, 11) is 0. The minimum Gasteiger partial charge on any atom is -0.310 e. The topological polar surface area (TPSA) is 3.24 Å². The highest BCUT2D eigenvalue weighted by Crippen LogP contribution is 2.41. The van der Waals surface area contributed by atoms with Gasteiger partial charge in [0.1, 0.15) is 0 Å². The number of hydrogen-bond donors (Lipinski definition) is 0. The van der Waals surface area contributed by atoms with Crippen molar-refractivity contribution in [3.8, 4) is 22.3 Å². The molecular formula is C48H31NS. The summed E-state index contributed by atoms with van der Waals surface area (Å²) in [5.41, 5.74) is 8.19. The van der Waals surface area contributed by atoms with Gasteiger partial charge in [0.05, 0.1) is 0 Å². The van der Waals surface area contributed by atoms with Crippen LogP contribution in [0.25, 0.3) is 74.7 Å². The largest absolute Gasteiger partial charge is 0.310 e. The smallest absolute Gasteiger partial charge is 0.0468 e. The lowest BCUT2D eigenvalue weighted by Crippen LogP contribution is -2.10. The molecule has 0 aliphatic heterocycles. The van der Waals surface area contributed by atoms with Gasteiger partial charge in [-0.2, -0.15) is 0 Å². The summed E-state index contributed by atoms with van der Waals surface area (Å²) in [5.74, 6) is 0. The normalized spacial score (nSPS) is 11.6. The SMILES string of the molecule is c1ccc(-c2cccc(N(c3ccc(-c4ccc5cc6sc7ccccc7c6cc5c4)cc3)c3ccc4c(ccc5ccccc54)c3)c2)cc1. The predicted octanol–water partition coefficient (Wildman–Crippen LogP) is 14.3. The highest BCUT2D eigenvalue weighted by atomic mass is 32.1. The van der Waals surface area contributed by atoms with Crippen molar-refractivity contribution in [3.63, 3.8) is 0 Å². The average Bonchev–Trinajstić information content (AvgIpc) is 3.55. The number of rotatable bonds is 5. The van der Waals surface area contributed by atoms with Gasteiger partial charge >= 0.3 is 0 Å². The van der Waals surface area contributed by atoms with E-state index >= 15 is 0 Å². The summed E-state index contributed by atoms with van der Waals surface area (Å²) in [6, 6.07) is 68.8. The minimum absolute atomic E-state index is 1.12. The van der Waals surface area contributed by atoms with Crippen LogP contribution < -0.4 is 4.90 Å². The highest BCUT2D eigenvalue weighted by Gasteiger charge is 2.16. The summed E-state index contributed by atoms with van der Waals surface area (Å²) in [5, 5.41) is 10.3. The average molecular weight is 654 g/mol. The summed E-state index contributed by atoms with van der Waals surface area (Å²) < 4.78 is 2.68. The van der Waals surface area contributed by atoms with Crippen LogP contribution >= 0.6 is 11.3 Å². The van der Waals surface area contributed by atoms with Gasteiger partial charge < -0.3 is 4.90 Å². The van der Waals surface area contributed by atoms with Crippen molar-refractivity contribution in [2.75, 3.05) is 4.90 Å². The van der Waals surface area contributed by atoms with Crippen LogP contribution in [-0.2, 0) is 0 Å². The molecule has 0 N–H and O–H groups in total. The van der Waals surface area contributed by atoms with Gasteiger partial charge in [-0.3, -0.25) is 0 Å². The molecule has 0 saturated heterocycles. The highest BCUT2D eigenvalue weighted by molar-refractivity contribution is 7.25. The summed E-state index contributed by atoms with van der Waals surface area (Å²) in [4.78, 5) is 2.38. The Morgan fingerprint density at radius 1 is 0.280 bits per heavy atom. The zero-order valence-corrected chi connectivity index (χ0v) is 28.1. The van der Waals surface area contributed by atoms with Crippen molar-refractivity contribution in [2.24, 2.45) is 0 Å². The van der Waals surface area contributed by atoms with Crippen LogP contribution in [0.15, 0.2) is 188 Å². The van der Waals surface area contributed by atoms with Crippen molar-refractivity contribution >= 4 is 80.9 Å². The molecule has 9 aromatic carbocycles. The third kappa shape index (κ3) is 4.92. The van der Waals surface area contributed by atoms with Crippen LogP contribution in [-0.4, -0.2) is 0 Å². The Morgan fingerprint density at radius 2 is 0.920 bits per heavy atom. The third-order valence-electron chi connectivity index (χ3n) is 9.99. The van der Waals surface area contributed by atoms with E-state index < -0.39 is 0 Å². The Morgan fingerprint density at radius 3 is 1.82 bits per heavy atom. The number of anilines is 3. The Balaban J connectivity index is 1.08. The van der Waals surface area contributed by atoms with E-state index in [1.165, 1.54) is 74.7 Å². The van der Waals surface area contributed by atoms with Crippen molar-refractivity contribution in [1.29, 1.82) is 0 Å². The lowest BCUT2D eigenvalue weighted by molar-refractivity contribution is 1.29. The van der Waals surface area contributed by atoms with E-state index in [2.05, 4.69) is 193 Å². The first kappa shape index (κ1) is 28.8. The molecule has 2 heteroatoms. The number of hydrogen-bond acceptors (Lipinski definition) is 2. The first-order valence-corrected chi connectivity index (χ1v) is 17.9. The van der Waals surface area contributed by atoms with Gasteiger partial charge in [0, 0.05) is 37.2 Å². The molecule has 10 rings (SSSR count). The molecule has 0 saturated carbocycles. The molecule has 1 aromatic heterocycles. The maximum atomic E-state index is 2.38. The van der Waals surface area contributed by atoms with Crippen LogP contribution in [0.2, 0.25) is 0 Å². The fourth-order valence-corrected chi connectivity index (χ4v) is 8.63. The molecule has 0 aliphatic rings. The van der Waals surface area contributed by atoms with Gasteiger partial charge in [0.2, 0.25) is 0 Å². The first-order valence-electron chi connectivity index (χ1n) is 17.1. The number of thiophene rings is 1. The third-order valence-corrected chi connectivity index (χ3v) is 11.1. The van der Waals surface area contributed by atoms with Crippen LogP contribution in [0.4, 0.5) is 17.1 Å². The number of fused-ring (bicyclic) bond motifs is 7. The fraction of sp³-hybridized carbons (Fsp3) is 0. The maximum Gasteiger partial charge on any atom is 0.0468 e. The van der Waals surface area contributed by atoms with Gasteiger partial charge in [0.15, 0.2) is 0 Å². The van der Waals surface area contributed by atoms with Crippen LogP contribution in [0.3, 0.4) is 0 Å². The Kier molecular flexibility index (Phi) is 6.75. The van der Waals surface area contributed by atoms with E-state index in [0.29, 0.717) is 0 Å². The number of nitrogens with zero attached hydrogens (tertiary/aromatic N) is 1. The van der Waals surface area contributed by atoms with Crippen molar-refractivity contribution in [1.82, 2.24) is 0 Å². The first-order chi connectivity index (χ1) is 24.7. The van der Waals surface area contributed by atoms with Crippen LogP contribution in [0, 0.1) is 0 Å². The van der Waals surface area contributed by atoms with Crippen LogP contribution in [0.5, 0.6) is 0 Å². The van der Waals surface area contributed by atoms with Crippen molar-refractivity contribution in [3.05, 3.63) is 188 Å². The molecule has 0 unspecified atom stereocenters. The second-order valence-electron chi connectivity index (χ2n) is 13.0. The van der Waals surface area contributed by atoms with Gasteiger partial charge in [-0.15, -0.1) is 11.3 Å². The van der Waals surface area contributed by atoms with Gasteiger partial charge in [-0.05, 0) is 115 Å². The zero-order valence-electron chi connectivity index (χ0n) is 27.3. The molecule has 0 fully saturated rings. The van der Waals surface area contributed by atoms with E-state index in [-0.39, 0.29) is 0 Å². The Hall–Kier alpha value is -6.22. The molecule has 0 spiro atoms. The summed E-state index contributed by atoms with van der Waals surface area (Å²) in [6.45, 7) is 0. The molecule has 0 atom stereocenters.